The van der Waals surface area contributed by atoms with Crippen LogP contribution in [0, 0.1) is 17.0 Å². The molecule has 7 nitrogen and oxygen atoms in total. The minimum atomic E-state index is -0.519. The maximum absolute atomic E-state index is 12.4. The molecule has 0 saturated carbocycles. The van der Waals surface area contributed by atoms with Crippen LogP contribution in [0.5, 0.6) is 0 Å². The number of hydrogen-bond acceptors (Lipinski definition) is 4. The third-order valence-electron chi connectivity index (χ3n) is 3.42. The number of halogens is 1. The minimum Gasteiger partial charge on any atom is -0.320 e. The SMILES string of the molecule is Cc1ccc(Cl)cc1NC(=O)c1n[nH]c2ccc([N+](=O)[O-])cc12. The van der Waals surface area contributed by atoms with Gasteiger partial charge in [-0.3, -0.25) is 20.0 Å². The molecule has 3 aromatic rings. The molecule has 0 fully saturated rings. The lowest BCUT2D eigenvalue weighted by atomic mass is 10.1. The van der Waals surface area contributed by atoms with E-state index >= 15 is 0 Å². The molecule has 1 aromatic heterocycles. The first-order valence-electron chi connectivity index (χ1n) is 6.66. The second-order valence-electron chi connectivity index (χ2n) is 4.97. The van der Waals surface area contributed by atoms with Crippen LogP contribution in [0.2, 0.25) is 5.02 Å². The summed E-state index contributed by atoms with van der Waals surface area (Å²) in [4.78, 5) is 22.8. The Morgan fingerprint density at radius 2 is 2.09 bits per heavy atom. The summed E-state index contributed by atoms with van der Waals surface area (Å²) in [5.41, 5.74) is 1.93. The molecule has 0 spiro atoms. The molecule has 1 amide bonds. The van der Waals surface area contributed by atoms with Crippen molar-refractivity contribution in [3.63, 3.8) is 0 Å². The van der Waals surface area contributed by atoms with E-state index in [1.165, 1.54) is 18.2 Å². The number of benzene rings is 2. The van der Waals surface area contributed by atoms with Gasteiger partial charge in [-0.1, -0.05) is 17.7 Å². The molecule has 0 atom stereocenters. The number of rotatable bonds is 3. The molecule has 0 aliphatic heterocycles. The van der Waals surface area contributed by atoms with Crippen LogP contribution in [0.1, 0.15) is 16.1 Å². The van der Waals surface area contributed by atoms with Crippen molar-refractivity contribution in [1.82, 2.24) is 10.2 Å². The lowest BCUT2D eigenvalue weighted by Crippen LogP contribution is -2.13. The molecule has 2 aromatic carbocycles. The Labute approximate surface area is 135 Å². The topological polar surface area (TPSA) is 101 Å². The van der Waals surface area contributed by atoms with Gasteiger partial charge in [0, 0.05) is 28.2 Å². The van der Waals surface area contributed by atoms with E-state index in [-0.39, 0.29) is 11.4 Å². The third-order valence-corrected chi connectivity index (χ3v) is 3.66. The predicted octanol–water partition coefficient (Wildman–Crippen LogP) is 3.69. The molecule has 0 aliphatic rings. The molecule has 3 rings (SSSR count). The van der Waals surface area contributed by atoms with Gasteiger partial charge in [0.05, 0.1) is 10.4 Å². The quantitative estimate of drug-likeness (QED) is 0.565. The number of carbonyl (C=O) groups excluding carboxylic acids is 1. The number of aryl methyl sites for hydroxylation is 1. The van der Waals surface area contributed by atoms with Gasteiger partial charge in [-0.05, 0) is 30.7 Å². The van der Waals surface area contributed by atoms with Crippen LogP contribution in [0.15, 0.2) is 36.4 Å². The molecule has 0 bridgehead atoms. The van der Waals surface area contributed by atoms with E-state index in [0.29, 0.717) is 21.6 Å². The Balaban J connectivity index is 1.99. The number of nitrogens with one attached hydrogen (secondary N) is 2. The van der Waals surface area contributed by atoms with Gasteiger partial charge < -0.3 is 5.32 Å². The monoisotopic (exact) mass is 330 g/mol. The van der Waals surface area contributed by atoms with Crippen LogP contribution in [0.25, 0.3) is 10.9 Å². The van der Waals surface area contributed by atoms with Gasteiger partial charge in [-0.2, -0.15) is 5.10 Å². The Kier molecular flexibility index (Phi) is 3.71. The van der Waals surface area contributed by atoms with Crippen LogP contribution in [0.4, 0.5) is 11.4 Å². The smallest absolute Gasteiger partial charge is 0.276 e. The average molecular weight is 331 g/mol. The normalized spacial score (nSPS) is 10.7. The Morgan fingerprint density at radius 1 is 1.30 bits per heavy atom. The summed E-state index contributed by atoms with van der Waals surface area (Å²) < 4.78 is 0. The molecule has 1 heterocycles. The molecule has 0 saturated heterocycles. The van der Waals surface area contributed by atoms with Gasteiger partial charge >= 0.3 is 0 Å². The summed E-state index contributed by atoms with van der Waals surface area (Å²) >= 11 is 5.93. The number of anilines is 1. The molecule has 116 valence electrons. The van der Waals surface area contributed by atoms with E-state index in [1.54, 1.807) is 18.2 Å². The number of amides is 1. The highest BCUT2D eigenvalue weighted by atomic mass is 35.5. The Bertz CT molecular complexity index is 936. The van der Waals surface area contributed by atoms with Crippen LogP contribution >= 0.6 is 11.6 Å². The lowest BCUT2D eigenvalue weighted by molar-refractivity contribution is -0.384. The Hall–Kier alpha value is -2.93. The predicted molar refractivity (Wildman–Crippen MR) is 86.9 cm³/mol. The number of aromatic amines is 1. The maximum Gasteiger partial charge on any atom is 0.276 e. The van der Waals surface area contributed by atoms with Gasteiger partial charge in [0.25, 0.3) is 11.6 Å². The van der Waals surface area contributed by atoms with E-state index in [2.05, 4.69) is 15.5 Å². The highest BCUT2D eigenvalue weighted by molar-refractivity contribution is 6.31. The number of aromatic nitrogens is 2. The molecule has 23 heavy (non-hydrogen) atoms. The molecule has 0 unspecified atom stereocenters. The van der Waals surface area contributed by atoms with Gasteiger partial charge in [0.15, 0.2) is 5.69 Å². The van der Waals surface area contributed by atoms with Crippen molar-refractivity contribution in [3.05, 3.63) is 62.8 Å². The fourth-order valence-electron chi connectivity index (χ4n) is 2.20. The average Bonchev–Trinajstić information content (AvgIpc) is 2.94. The highest BCUT2D eigenvalue weighted by Crippen LogP contribution is 2.24. The first-order valence-corrected chi connectivity index (χ1v) is 7.03. The molecule has 2 N–H and O–H groups in total. The lowest BCUT2D eigenvalue weighted by Gasteiger charge is -2.07. The van der Waals surface area contributed by atoms with Gasteiger partial charge in [0.1, 0.15) is 0 Å². The van der Waals surface area contributed by atoms with Crippen molar-refractivity contribution in [1.29, 1.82) is 0 Å². The number of H-pyrrole nitrogens is 1. The number of fused-ring (bicyclic) bond motifs is 1. The minimum absolute atomic E-state index is 0.0862. The summed E-state index contributed by atoms with van der Waals surface area (Å²) in [7, 11) is 0. The zero-order valence-corrected chi connectivity index (χ0v) is 12.7. The number of carbonyl (C=O) groups is 1. The summed E-state index contributed by atoms with van der Waals surface area (Å²) in [6.45, 7) is 1.83. The van der Waals surface area contributed by atoms with Crippen LogP contribution < -0.4 is 5.32 Å². The first-order chi connectivity index (χ1) is 11.0. The van der Waals surface area contributed by atoms with E-state index in [9.17, 15) is 14.9 Å². The van der Waals surface area contributed by atoms with E-state index in [0.717, 1.165) is 5.56 Å². The molecule has 8 heteroatoms. The van der Waals surface area contributed by atoms with Gasteiger partial charge in [-0.25, -0.2) is 0 Å². The van der Waals surface area contributed by atoms with Crippen molar-refractivity contribution in [2.75, 3.05) is 5.32 Å². The van der Waals surface area contributed by atoms with Crippen molar-refractivity contribution in [2.45, 2.75) is 6.92 Å². The number of non-ortho nitro benzene ring substituents is 1. The summed E-state index contributed by atoms with van der Waals surface area (Å²) in [5.74, 6) is -0.470. The van der Waals surface area contributed by atoms with Crippen molar-refractivity contribution >= 4 is 39.8 Å². The fourth-order valence-corrected chi connectivity index (χ4v) is 2.37. The highest BCUT2D eigenvalue weighted by Gasteiger charge is 2.18. The zero-order valence-electron chi connectivity index (χ0n) is 12.0. The van der Waals surface area contributed by atoms with Crippen molar-refractivity contribution < 1.29 is 9.72 Å². The fraction of sp³-hybridized carbons (Fsp3) is 0.0667. The Morgan fingerprint density at radius 3 is 2.83 bits per heavy atom. The van der Waals surface area contributed by atoms with Crippen molar-refractivity contribution in [3.8, 4) is 0 Å². The van der Waals surface area contributed by atoms with E-state index < -0.39 is 10.8 Å². The number of nitro groups is 1. The summed E-state index contributed by atoms with van der Waals surface area (Å²) in [5, 5.41) is 21.1. The summed E-state index contributed by atoms with van der Waals surface area (Å²) in [6.07, 6.45) is 0. The standard InChI is InChI=1S/C15H11ClN4O3/c1-8-2-3-9(16)6-13(8)17-15(21)14-11-7-10(20(22)23)4-5-12(11)18-19-14/h2-7H,1H3,(H,17,21)(H,18,19). The molecule has 0 aliphatic carbocycles. The molecular weight excluding hydrogens is 320 g/mol. The third kappa shape index (κ3) is 2.86. The number of nitrogens with zero attached hydrogens (tertiary/aromatic N) is 2. The summed E-state index contributed by atoms with van der Waals surface area (Å²) in [6, 6.07) is 9.32. The van der Waals surface area contributed by atoms with E-state index in [4.69, 9.17) is 11.6 Å². The van der Waals surface area contributed by atoms with Crippen molar-refractivity contribution in [2.24, 2.45) is 0 Å². The second kappa shape index (κ2) is 5.69. The first kappa shape index (κ1) is 15.0. The molecular formula is C15H11ClN4O3. The van der Waals surface area contributed by atoms with Gasteiger partial charge in [-0.15, -0.1) is 0 Å². The second-order valence-corrected chi connectivity index (χ2v) is 5.41. The van der Waals surface area contributed by atoms with Crippen LogP contribution in [0.3, 0.4) is 0 Å². The number of hydrogen-bond donors (Lipinski definition) is 2. The number of nitro benzene ring substituents is 1. The maximum atomic E-state index is 12.4. The largest absolute Gasteiger partial charge is 0.320 e. The molecule has 0 radical (unpaired) electrons. The van der Waals surface area contributed by atoms with Crippen LogP contribution in [-0.4, -0.2) is 21.0 Å². The van der Waals surface area contributed by atoms with Gasteiger partial charge in [0.2, 0.25) is 0 Å². The van der Waals surface area contributed by atoms with Crippen LogP contribution in [-0.2, 0) is 0 Å². The zero-order chi connectivity index (χ0) is 16.6. The van der Waals surface area contributed by atoms with E-state index in [1.807, 2.05) is 6.92 Å².